The average molecular weight is 335 g/mol. The van der Waals surface area contributed by atoms with Crippen molar-refractivity contribution in [3.05, 3.63) is 87.1 Å². The fourth-order valence-corrected chi connectivity index (χ4v) is 2.55. The highest BCUT2D eigenvalue weighted by Crippen LogP contribution is 2.19. The maximum atomic E-state index is 11.2. The minimum Gasteiger partial charge on any atom is -0.423 e. The Morgan fingerprint density at radius 3 is 2.40 bits per heavy atom. The van der Waals surface area contributed by atoms with Crippen molar-refractivity contribution in [3.63, 3.8) is 0 Å². The SMILES string of the molecule is CCc1cc(=O)oc2cc(N)ccc12.O=c1ccc2ccccc2o1. The van der Waals surface area contributed by atoms with E-state index in [0.717, 1.165) is 22.8 Å². The van der Waals surface area contributed by atoms with Crippen molar-refractivity contribution in [2.24, 2.45) is 0 Å². The van der Waals surface area contributed by atoms with Crippen LogP contribution in [0.1, 0.15) is 12.5 Å². The number of nitrogens with two attached hydrogens (primary N) is 1. The number of fused-ring (bicyclic) bond motifs is 2. The van der Waals surface area contributed by atoms with Crippen LogP contribution in [-0.2, 0) is 6.42 Å². The Morgan fingerprint density at radius 1 is 0.840 bits per heavy atom. The second-order valence-electron chi connectivity index (χ2n) is 5.49. The van der Waals surface area contributed by atoms with Gasteiger partial charge in [-0.3, -0.25) is 0 Å². The lowest BCUT2D eigenvalue weighted by Gasteiger charge is -2.02. The Hall–Kier alpha value is -3.34. The van der Waals surface area contributed by atoms with E-state index in [9.17, 15) is 9.59 Å². The number of anilines is 1. The van der Waals surface area contributed by atoms with Gasteiger partial charge in [-0.2, -0.15) is 0 Å². The largest absolute Gasteiger partial charge is 0.423 e. The highest BCUT2D eigenvalue weighted by molar-refractivity contribution is 5.83. The molecule has 0 unspecified atom stereocenters. The van der Waals surface area contributed by atoms with Gasteiger partial charge in [-0.05, 0) is 36.2 Å². The fourth-order valence-electron chi connectivity index (χ4n) is 2.55. The van der Waals surface area contributed by atoms with Crippen LogP contribution < -0.4 is 17.0 Å². The summed E-state index contributed by atoms with van der Waals surface area (Å²) in [6.45, 7) is 2.00. The topological polar surface area (TPSA) is 86.4 Å². The van der Waals surface area contributed by atoms with Crippen LogP contribution in [0.5, 0.6) is 0 Å². The van der Waals surface area contributed by atoms with Crippen molar-refractivity contribution in [3.8, 4) is 0 Å². The minimum atomic E-state index is -0.319. The molecule has 0 fully saturated rings. The second kappa shape index (κ2) is 7.05. The third kappa shape index (κ3) is 3.77. The van der Waals surface area contributed by atoms with Gasteiger partial charge in [-0.15, -0.1) is 0 Å². The molecule has 126 valence electrons. The van der Waals surface area contributed by atoms with Crippen LogP contribution in [-0.4, -0.2) is 0 Å². The van der Waals surface area contributed by atoms with Gasteiger partial charge in [0.1, 0.15) is 11.2 Å². The number of nitrogen functional groups attached to an aromatic ring is 1. The molecule has 0 bridgehead atoms. The Labute approximate surface area is 143 Å². The summed E-state index contributed by atoms with van der Waals surface area (Å²) in [5.41, 5.74) is 7.79. The van der Waals surface area contributed by atoms with Gasteiger partial charge in [-0.25, -0.2) is 9.59 Å². The van der Waals surface area contributed by atoms with E-state index >= 15 is 0 Å². The lowest BCUT2D eigenvalue weighted by Crippen LogP contribution is -2.00. The molecule has 0 aliphatic carbocycles. The Kier molecular flexibility index (Phi) is 4.66. The zero-order valence-electron chi connectivity index (χ0n) is 13.7. The summed E-state index contributed by atoms with van der Waals surface area (Å²) in [5.74, 6) is 0. The molecule has 2 aromatic carbocycles. The van der Waals surface area contributed by atoms with E-state index in [0.29, 0.717) is 16.9 Å². The first-order valence-corrected chi connectivity index (χ1v) is 7.88. The van der Waals surface area contributed by atoms with Gasteiger partial charge in [0.2, 0.25) is 0 Å². The van der Waals surface area contributed by atoms with E-state index in [4.69, 9.17) is 14.6 Å². The lowest BCUT2D eigenvalue weighted by molar-refractivity contribution is 0.559. The second-order valence-corrected chi connectivity index (χ2v) is 5.49. The first kappa shape index (κ1) is 16.5. The average Bonchev–Trinajstić information content (AvgIpc) is 2.61. The van der Waals surface area contributed by atoms with E-state index in [1.54, 1.807) is 18.2 Å². The van der Waals surface area contributed by atoms with E-state index in [2.05, 4.69) is 0 Å². The molecule has 5 nitrogen and oxygen atoms in total. The van der Waals surface area contributed by atoms with Crippen molar-refractivity contribution >= 4 is 27.6 Å². The van der Waals surface area contributed by atoms with Gasteiger partial charge in [0, 0.05) is 34.7 Å². The Balaban J connectivity index is 0.000000150. The molecule has 5 heteroatoms. The van der Waals surface area contributed by atoms with Crippen LogP contribution in [0.2, 0.25) is 0 Å². The molecule has 0 saturated heterocycles. The summed E-state index contributed by atoms with van der Waals surface area (Å²) in [6.07, 6.45) is 0.812. The normalized spacial score (nSPS) is 10.4. The number of benzene rings is 2. The van der Waals surface area contributed by atoms with Gasteiger partial charge in [0.15, 0.2) is 0 Å². The van der Waals surface area contributed by atoms with Crippen LogP contribution >= 0.6 is 0 Å². The smallest absolute Gasteiger partial charge is 0.336 e. The predicted molar refractivity (Wildman–Crippen MR) is 98.8 cm³/mol. The van der Waals surface area contributed by atoms with Gasteiger partial charge in [0.05, 0.1) is 0 Å². The van der Waals surface area contributed by atoms with Crippen molar-refractivity contribution in [2.45, 2.75) is 13.3 Å². The van der Waals surface area contributed by atoms with Crippen LogP contribution in [0.3, 0.4) is 0 Å². The summed E-state index contributed by atoms with van der Waals surface area (Å²) in [4.78, 5) is 21.9. The molecule has 2 heterocycles. The molecule has 0 amide bonds. The summed E-state index contributed by atoms with van der Waals surface area (Å²) in [5, 5.41) is 1.91. The van der Waals surface area contributed by atoms with Crippen LogP contribution in [0.4, 0.5) is 5.69 Å². The zero-order valence-corrected chi connectivity index (χ0v) is 13.7. The Morgan fingerprint density at radius 2 is 1.60 bits per heavy atom. The van der Waals surface area contributed by atoms with Crippen molar-refractivity contribution < 1.29 is 8.83 Å². The quantitative estimate of drug-likeness (QED) is 0.423. The highest BCUT2D eigenvalue weighted by Gasteiger charge is 2.03. The zero-order chi connectivity index (χ0) is 17.8. The summed E-state index contributed by atoms with van der Waals surface area (Å²) < 4.78 is 9.96. The molecule has 2 N–H and O–H groups in total. The monoisotopic (exact) mass is 335 g/mol. The predicted octanol–water partition coefficient (Wildman–Crippen LogP) is 3.73. The molecule has 0 atom stereocenters. The molecular formula is C20H17NO4. The summed E-state index contributed by atoms with van der Waals surface area (Å²) >= 11 is 0. The van der Waals surface area contributed by atoms with Crippen LogP contribution in [0.25, 0.3) is 21.9 Å². The molecule has 2 aromatic heterocycles. The molecule has 0 radical (unpaired) electrons. The third-order valence-electron chi connectivity index (χ3n) is 3.76. The maximum absolute atomic E-state index is 11.2. The molecule has 4 rings (SSSR count). The minimum absolute atomic E-state index is 0.302. The fraction of sp³-hybridized carbons (Fsp3) is 0.100. The van der Waals surface area contributed by atoms with Crippen molar-refractivity contribution in [2.75, 3.05) is 5.73 Å². The van der Waals surface area contributed by atoms with Gasteiger partial charge < -0.3 is 14.6 Å². The van der Waals surface area contributed by atoms with E-state index in [1.807, 2.05) is 37.3 Å². The molecule has 4 aromatic rings. The number of aryl methyl sites for hydroxylation is 1. The van der Waals surface area contributed by atoms with E-state index in [1.165, 1.54) is 12.1 Å². The molecule has 25 heavy (non-hydrogen) atoms. The van der Waals surface area contributed by atoms with Crippen LogP contribution in [0.15, 0.2) is 79.1 Å². The number of hydrogen-bond acceptors (Lipinski definition) is 5. The van der Waals surface area contributed by atoms with Crippen LogP contribution in [0, 0.1) is 0 Å². The summed E-state index contributed by atoms with van der Waals surface area (Å²) in [6, 6.07) is 17.5. The first-order valence-electron chi connectivity index (χ1n) is 7.88. The first-order chi connectivity index (χ1) is 12.1. The molecule has 0 aliphatic heterocycles. The molecule has 0 saturated carbocycles. The van der Waals surface area contributed by atoms with Gasteiger partial charge >= 0.3 is 11.3 Å². The molecular weight excluding hydrogens is 318 g/mol. The van der Waals surface area contributed by atoms with E-state index < -0.39 is 0 Å². The van der Waals surface area contributed by atoms with Gasteiger partial charge in [0.25, 0.3) is 0 Å². The lowest BCUT2D eigenvalue weighted by atomic mass is 10.1. The summed E-state index contributed by atoms with van der Waals surface area (Å²) in [7, 11) is 0. The number of para-hydroxylation sites is 1. The van der Waals surface area contributed by atoms with Crippen molar-refractivity contribution in [1.29, 1.82) is 0 Å². The van der Waals surface area contributed by atoms with Gasteiger partial charge in [-0.1, -0.05) is 25.1 Å². The molecule has 0 spiro atoms. The number of hydrogen-bond donors (Lipinski definition) is 1. The number of rotatable bonds is 1. The third-order valence-corrected chi connectivity index (χ3v) is 3.76. The Bertz CT molecular complexity index is 1140. The highest BCUT2D eigenvalue weighted by atomic mass is 16.4. The molecule has 0 aliphatic rings. The van der Waals surface area contributed by atoms with E-state index in [-0.39, 0.29) is 11.3 Å². The van der Waals surface area contributed by atoms with Crippen molar-refractivity contribution in [1.82, 2.24) is 0 Å². The standard InChI is InChI=1S/C11H11NO2.C9H6O2/c1-2-7-5-11(13)14-10-6-8(12)3-4-9(7)10;10-9-6-5-7-3-1-2-4-8(7)11-9/h3-6H,2,12H2,1H3;1-6H. The maximum Gasteiger partial charge on any atom is 0.336 e.